The lowest BCUT2D eigenvalue weighted by atomic mass is 10.1. The van der Waals surface area contributed by atoms with E-state index in [1.54, 1.807) is 6.07 Å². The number of para-hydroxylation sites is 1. The molecule has 0 spiro atoms. The first-order chi connectivity index (χ1) is 10.8. The topological polar surface area (TPSA) is 73.1 Å². The molecule has 1 rings (SSSR count). The summed E-state index contributed by atoms with van der Waals surface area (Å²) in [5, 5.41) is 20.7. The second kappa shape index (κ2) is 7.90. The average molecular weight is 322 g/mol. The quantitative estimate of drug-likeness (QED) is 0.492. The van der Waals surface area contributed by atoms with Gasteiger partial charge in [-0.15, -0.1) is 12.3 Å². The number of anilines is 1. The van der Waals surface area contributed by atoms with Gasteiger partial charge in [0.2, 0.25) is 5.91 Å². The van der Waals surface area contributed by atoms with E-state index in [-0.39, 0.29) is 24.2 Å². The molecule has 23 heavy (non-hydrogen) atoms. The van der Waals surface area contributed by atoms with Gasteiger partial charge in [-0.1, -0.05) is 12.1 Å². The highest BCUT2D eigenvalue weighted by Crippen LogP contribution is 2.34. The van der Waals surface area contributed by atoms with E-state index in [9.17, 15) is 23.1 Å². The third-order valence-electron chi connectivity index (χ3n) is 2.83. The van der Waals surface area contributed by atoms with Crippen LogP contribution in [0.5, 0.6) is 0 Å². The number of hydrogen-bond donors (Lipinski definition) is 2. The summed E-state index contributed by atoms with van der Waals surface area (Å²) in [5.41, 5.74) is -1.64. The monoisotopic (exact) mass is 322 g/mol. The van der Waals surface area contributed by atoms with Crippen LogP contribution in [-0.4, -0.2) is 11.0 Å². The van der Waals surface area contributed by atoms with Crippen LogP contribution in [-0.2, 0) is 11.0 Å². The summed E-state index contributed by atoms with van der Waals surface area (Å²) >= 11 is 0. The number of carbonyl (C=O) groups is 1. The molecular weight excluding hydrogens is 309 g/mol. The van der Waals surface area contributed by atoms with Crippen molar-refractivity contribution in [3.05, 3.63) is 41.2 Å². The van der Waals surface area contributed by atoms with Crippen molar-refractivity contribution in [3.8, 4) is 18.4 Å². The van der Waals surface area contributed by atoms with E-state index in [1.165, 1.54) is 12.1 Å². The predicted molar refractivity (Wildman–Crippen MR) is 78.0 cm³/mol. The summed E-state index contributed by atoms with van der Waals surface area (Å²) in [6.07, 6.45) is 0.0617. The Balaban J connectivity index is 2.90. The molecule has 120 valence electrons. The molecule has 0 fully saturated rings. The number of nitrogens with zero attached hydrogens (tertiary/aromatic N) is 1. The van der Waals surface area contributed by atoms with E-state index in [4.69, 9.17) is 11.7 Å². The van der Waals surface area contributed by atoms with Gasteiger partial charge in [0.1, 0.15) is 5.76 Å². The van der Waals surface area contributed by atoms with Crippen LogP contribution in [0.25, 0.3) is 0 Å². The zero-order chi connectivity index (χ0) is 17.5. The van der Waals surface area contributed by atoms with Gasteiger partial charge in [-0.2, -0.15) is 18.4 Å². The van der Waals surface area contributed by atoms with Crippen molar-refractivity contribution in [2.75, 3.05) is 5.32 Å². The molecule has 1 amide bonds. The molecule has 0 saturated heterocycles. The maximum atomic E-state index is 12.8. The fourth-order valence-corrected chi connectivity index (χ4v) is 1.74. The zero-order valence-corrected chi connectivity index (χ0v) is 11.9. The van der Waals surface area contributed by atoms with E-state index in [0.29, 0.717) is 0 Å². The van der Waals surface area contributed by atoms with Crippen LogP contribution in [0.1, 0.15) is 24.8 Å². The Morgan fingerprint density at radius 2 is 2.00 bits per heavy atom. The second-order valence-electron chi connectivity index (χ2n) is 4.51. The first kappa shape index (κ1) is 18.1. The third kappa shape index (κ3) is 5.40. The summed E-state index contributed by atoms with van der Waals surface area (Å²) in [6, 6.07) is 6.13. The Labute approximate surface area is 131 Å². The number of amides is 1. The Hall–Kier alpha value is -2.93. The van der Waals surface area contributed by atoms with Crippen LogP contribution in [0, 0.1) is 23.7 Å². The van der Waals surface area contributed by atoms with Crippen LogP contribution in [0.2, 0.25) is 0 Å². The molecule has 0 heterocycles. The lowest BCUT2D eigenvalue weighted by Gasteiger charge is -2.13. The van der Waals surface area contributed by atoms with E-state index in [0.717, 1.165) is 12.1 Å². The zero-order valence-electron chi connectivity index (χ0n) is 11.9. The van der Waals surface area contributed by atoms with Gasteiger partial charge in [0, 0.05) is 12.8 Å². The van der Waals surface area contributed by atoms with E-state index >= 15 is 0 Å². The predicted octanol–water partition coefficient (Wildman–Crippen LogP) is 3.78. The Kier molecular flexibility index (Phi) is 6.23. The summed E-state index contributed by atoms with van der Waals surface area (Å²) < 4.78 is 38.5. The normalized spacial score (nSPS) is 11.9. The number of rotatable bonds is 5. The highest BCUT2D eigenvalue weighted by molar-refractivity contribution is 5.93. The van der Waals surface area contributed by atoms with Crippen molar-refractivity contribution in [2.45, 2.75) is 25.4 Å². The number of hydrogen-bond acceptors (Lipinski definition) is 3. The molecule has 0 aliphatic heterocycles. The van der Waals surface area contributed by atoms with Gasteiger partial charge in [0.05, 0.1) is 29.3 Å². The van der Waals surface area contributed by atoms with Crippen LogP contribution in [0.4, 0.5) is 18.9 Å². The smallest absolute Gasteiger partial charge is 0.418 e. The molecular formula is C16H13F3N2O2. The van der Waals surface area contributed by atoms with E-state index < -0.39 is 29.8 Å². The molecule has 0 aliphatic rings. The molecule has 1 aromatic carbocycles. The SMILES string of the molecule is C#CCC/C(O)=C(\C#N)CC(=O)Nc1ccccc1C(F)(F)F. The van der Waals surface area contributed by atoms with Gasteiger partial charge >= 0.3 is 6.18 Å². The van der Waals surface area contributed by atoms with Gasteiger partial charge in [-0.05, 0) is 12.1 Å². The number of carbonyl (C=O) groups excluding carboxylic acids is 1. The molecule has 0 unspecified atom stereocenters. The summed E-state index contributed by atoms with van der Waals surface area (Å²) in [5.74, 6) is 1.08. The number of allylic oxidation sites excluding steroid dienone is 1. The van der Waals surface area contributed by atoms with Gasteiger partial charge in [-0.25, -0.2) is 0 Å². The molecule has 0 atom stereocenters. The Morgan fingerprint density at radius 3 is 2.57 bits per heavy atom. The maximum absolute atomic E-state index is 12.8. The van der Waals surface area contributed by atoms with Crippen molar-refractivity contribution in [2.24, 2.45) is 0 Å². The largest absolute Gasteiger partial charge is 0.511 e. The second-order valence-corrected chi connectivity index (χ2v) is 4.51. The molecule has 2 N–H and O–H groups in total. The van der Waals surface area contributed by atoms with Gasteiger partial charge in [-0.3, -0.25) is 4.79 Å². The minimum absolute atomic E-state index is 0.0197. The summed E-state index contributed by atoms with van der Waals surface area (Å²) in [7, 11) is 0. The number of terminal acetylenes is 1. The lowest BCUT2D eigenvalue weighted by molar-refractivity contribution is -0.137. The van der Waals surface area contributed by atoms with Gasteiger partial charge in [0.25, 0.3) is 0 Å². The third-order valence-corrected chi connectivity index (χ3v) is 2.83. The first-order valence-electron chi connectivity index (χ1n) is 6.50. The van der Waals surface area contributed by atoms with Crippen LogP contribution in [0.3, 0.4) is 0 Å². The fourth-order valence-electron chi connectivity index (χ4n) is 1.74. The van der Waals surface area contributed by atoms with Gasteiger partial charge < -0.3 is 10.4 Å². The minimum Gasteiger partial charge on any atom is -0.511 e. The molecule has 0 aliphatic carbocycles. The van der Waals surface area contributed by atoms with E-state index in [2.05, 4.69) is 11.2 Å². The highest BCUT2D eigenvalue weighted by Gasteiger charge is 2.33. The molecule has 4 nitrogen and oxygen atoms in total. The summed E-state index contributed by atoms with van der Waals surface area (Å²) in [4.78, 5) is 11.8. The standard InChI is InChI=1S/C16H13F3N2O2/c1-2-3-8-14(22)11(10-20)9-15(23)21-13-7-5-4-6-12(13)16(17,18)19/h1,4-7,22H,3,8-9H2,(H,21,23)/b14-11+. The van der Waals surface area contributed by atoms with Crippen molar-refractivity contribution < 1.29 is 23.1 Å². The number of alkyl halides is 3. The van der Waals surface area contributed by atoms with Crippen LogP contribution >= 0.6 is 0 Å². The highest BCUT2D eigenvalue weighted by atomic mass is 19.4. The fraction of sp³-hybridized carbons (Fsp3) is 0.250. The molecule has 0 bridgehead atoms. The number of aliphatic hydroxyl groups is 1. The van der Waals surface area contributed by atoms with Gasteiger partial charge in [0.15, 0.2) is 0 Å². The van der Waals surface area contributed by atoms with Crippen molar-refractivity contribution in [3.63, 3.8) is 0 Å². The number of aliphatic hydroxyl groups excluding tert-OH is 1. The number of nitrogens with one attached hydrogen (secondary N) is 1. The van der Waals surface area contributed by atoms with Crippen molar-refractivity contribution in [1.29, 1.82) is 5.26 Å². The molecule has 7 heteroatoms. The average Bonchev–Trinajstić information content (AvgIpc) is 2.49. The Bertz CT molecular complexity index is 695. The van der Waals surface area contributed by atoms with Crippen molar-refractivity contribution >= 4 is 11.6 Å². The minimum atomic E-state index is -4.62. The lowest BCUT2D eigenvalue weighted by Crippen LogP contribution is -2.17. The molecule has 1 aromatic rings. The Morgan fingerprint density at radius 1 is 1.35 bits per heavy atom. The number of halogens is 3. The van der Waals surface area contributed by atoms with Crippen molar-refractivity contribution in [1.82, 2.24) is 0 Å². The number of nitriles is 1. The maximum Gasteiger partial charge on any atom is 0.418 e. The van der Waals surface area contributed by atoms with Crippen LogP contribution in [0.15, 0.2) is 35.6 Å². The van der Waals surface area contributed by atoms with E-state index in [1.807, 2.05) is 0 Å². The molecule has 0 radical (unpaired) electrons. The molecule has 0 saturated carbocycles. The number of benzene rings is 1. The summed E-state index contributed by atoms with van der Waals surface area (Å²) in [6.45, 7) is 0. The van der Waals surface area contributed by atoms with Crippen LogP contribution < -0.4 is 5.32 Å². The molecule has 0 aromatic heterocycles. The first-order valence-corrected chi connectivity index (χ1v) is 6.50.